The third-order valence-electron chi connectivity index (χ3n) is 4.19. The van der Waals surface area contributed by atoms with E-state index >= 15 is 0 Å². The van der Waals surface area contributed by atoms with E-state index in [1.165, 1.54) is 25.9 Å². The van der Waals surface area contributed by atoms with Crippen LogP contribution in [0.3, 0.4) is 0 Å². The summed E-state index contributed by atoms with van der Waals surface area (Å²) in [6.45, 7) is 6.20. The summed E-state index contributed by atoms with van der Waals surface area (Å²) in [5.41, 5.74) is 7.57. The summed E-state index contributed by atoms with van der Waals surface area (Å²) in [5, 5.41) is 3.16. The number of hydrogen-bond acceptors (Lipinski definition) is 6. The fourth-order valence-electron chi connectivity index (χ4n) is 2.79. The molecule has 1 saturated heterocycles. The summed E-state index contributed by atoms with van der Waals surface area (Å²) < 4.78 is 5.85. The van der Waals surface area contributed by atoms with Gasteiger partial charge in [-0.15, -0.1) is 0 Å². The highest BCUT2D eigenvalue weighted by Gasteiger charge is 2.10. The number of nitrogens with one attached hydrogen (secondary N) is 1. The molecule has 2 heterocycles. The summed E-state index contributed by atoms with van der Waals surface area (Å²) in [6, 6.07) is 7.83. The van der Waals surface area contributed by atoms with Crippen molar-refractivity contribution in [3.05, 3.63) is 36.0 Å². The molecule has 0 amide bonds. The van der Waals surface area contributed by atoms with Crippen molar-refractivity contribution >= 4 is 17.5 Å². The van der Waals surface area contributed by atoms with Gasteiger partial charge in [-0.2, -0.15) is 4.98 Å². The molecule has 1 aliphatic heterocycles. The van der Waals surface area contributed by atoms with Gasteiger partial charge in [0.2, 0.25) is 5.95 Å². The third-order valence-corrected chi connectivity index (χ3v) is 4.19. The van der Waals surface area contributed by atoms with Gasteiger partial charge in [-0.05, 0) is 51.4 Å². The molecule has 0 bridgehead atoms. The van der Waals surface area contributed by atoms with Crippen LogP contribution in [0, 0.1) is 6.92 Å². The number of rotatable bonds is 7. The van der Waals surface area contributed by atoms with Crippen molar-refractivity contribution in [3.63, 3.8) is 0 Å². The molecule has 24 heavy (non-hydrogen) atoms. The maximum absolute atomic E-state index is 5.85. The van der Waals surface area contributed by atoms with Crippen molar-refractivity contribution in [3.8, 4) is 5.75 Å². The first-order valence-electron chi connectivity index (χ1n) is 8.52. The summed E-state index contributed by atoms with van der Waals surface area (Å²) in [6.07, 6.45) is 5.43. The van der Waals surface area contributed by atoms with E-state index in [-0.39, 0.29) is 0 Å². The lowest BCUT2D eigenvalue weighted by Crippen LogP contribution is -2.21. The molecule has 3 rings (SSSR count). The number of likely N-dealkylation sites (tertiary alicyclic amines) is 1. The fraction of sp³-hybridized carbons (Fsp3) is 0.444. The summed E-state index contributed by atoms with van der Waals surface area (Å²) in [7, 11) is 0. The van der Waals surface area contributed by atoms with Crippen LogP contribution in [0.15, 0.2) is 30.5 Å². The van der Waals surface area contributed by atoms with Gasteiger partial charge in [0.25, 0.3) is 0 Å². The SMILES string of the molecule is Cc1cnc(Nc2cccc(OCCCN3CCCC3)c2)nc1N. The number of nitrogen functional groups attached to an aromatic ring is 1. The molecule has 2 aromatic rings. The Balaban J connectivity index is 1.50. The Hall–Kier alpha value is -2.34. The normalized spacial score (nSPS) is 14.7. The first-order valence-corrected chi connectivity index (χ1v) is 8.52. The van der Waals surface area contributed by atoms with Crippen LogP contribution in [0.25, 0.3) is 0 Å². The number of ether oxygens (including phenoxy) is 1. The van der Waals surface area contributed by atoms with E-state index in [2.05, 4.69) is 20.2 Å². The number of anilines is 3. The van der Waals surface area contributed by atoms with E-state index in [1.54, 1.807) is 6.20 Å². The first-order chi connectivity index (χ1) is 11.7. The molecular weight excluding hydrogens is 302 g/mol. The highest BCUT2D eigenvalue weighted by atomic mass is 16.5. The predicted molar refractivity (Wildman–Crippen MR) is 96.7 cm³/mol. The van der Waals surface area contributed by atoms with Gasteiger partial charge in [0, 0.05) is 30.1 Å². The minimum atomic E-state index is 0.488. The minimum absolute atomic E-state index is 0.488. The number of hydrogen-bond donors (Lipinski definition) is 2. The van der Waals surface area contributed by atoms with Crippen LogP contribution in [0.1, 0.15) is 24.8 Å². The van der Waals surface area contributed by atoms with Gasteiger partial charge in [-0.25, -0.2) is 4.98 Å². The lowest BCUT2D eigenvalue weighted by atomic mass is 10.3. The molecule has 0 aliphatic carbocycles. The number of benzene rings is 1. The summed E-state index contributed by atoms with van der Waals surface area (Å²) >= 11 is 0. The van der Waals surface area contributed by atoms with E-state index < -0.39 is 0 Å². The van der Waals surface area contributed by atoms with Crippen molar-refractivity contribution in [1.82, 2.24) is 14.9 Å². The smallest absolute Gasteiger partial charge is 0.229 e. The minimum Gasteiger partial charge on any atom is -0.493 e. The molecule has 6 nitrogen and oxygen atoms in total. The van der Waals surface area contributed by atoms with Crippen LogP contribution < -0.4 is 15.8 Å². The zero-order valence-electron chi connectivity index (χ0n) is 14.2. The lowest BCUT2D eigenvalue weighted by molar-refractivity contribution is 0.263. The van der Waals surface area contributed by atoms with Crippen LogP contribution in [0.2, 0.25) is 0 Å². The number of aromatic nitrogens is 2. The quantitative estimate of drug-likeness (QED) is 0.762. The molecule has 0 atom stereocenters. The summed E-state index contributed by atoms with van der Waals surface area (Å²) in [4.78, 5) is 11.0. The summed E-state index contributed by atoms with van der Waals surface area (Å²) in [5.74, 6) is 1.83. The molecule has 1 fully saturated rings. The Kier molecular flexibility index (Phi) is 5.48. The van der Waals surface area contributed by atoms with Crippen LogP contribution in [0.4, 0.5) is 17.5 Å². The molecular formula is C18H25N5O. The Bertz CT molecular complexity index is 670. The van der Waals surface area contributed by atoms with Gasteiger partial charge in [0.1, 0.15) is 11.6 Å². The molecule has 0 unspecified atom stereocenters. The van der Waals surface area contributed by atoms with Crippen molar-refractivity contribution in [2.45, 2.75) is 26.2 Å². The van der Waals surface area contributed by atoms with Gasteiger partial charge in [0.05, 0.1) is 6.61 Å². The number of aryl methyl sites for hydroxylation is 1. The zero-order chi connectivity index (χ0) is 16.8. The Labute approximate surface area is 143 Å². The molecule has 6 heteroatoms. The van der Waals surface area contributed by atoms with Crippen molar-refractivity contribution in [2.24, 2.45) is 0 Å². The Morgan fingerprint density at radius 1 is 1.29 bits per heavy atom. The Morgan fingerprint density at radius 3 is 2.92 bits per heavy atom. The molecule has 3 N–H and O–H groups in total. The molecule has 0 saturated carbocycles. The second-order valence-electron chi connectivity index (χ2n) is 6.17. The van der Waals surface area contributed by atoms with E-state index in [4.69, 9.17) is 10.5 Å². The van der Waals surface area contributed by atoms with Crippen LogP contribution >= 0.6 is 0 Å². The van der Waals surface area contributed by atoms with E-state index in [0.29, 0.717) is 11.8 Å². The number of nitrogens with zero attached hydrogens (tertiary/aromatic N) is 3. The maximum atomic E-state index is 5.85. The van der Waals surface area contributed by atoms with E-state index in [9.17, 15) is 0 Å². The largest absolute Gasteiger partial charge is 0.493 e. The van der Waals surface area contributed by atoms with Crippen LogP contribution in [0.5, 0.6) is 5.75 Å². The maximum Gasteiger partial charge on any atom is 0.229 e. The second kappa shape index (κ2) is 7.97. The molecule has 1 aromatic heterocycles. The van der Waals surface area contributed by atoms with Gasteiger partial charge in [-0.1, -0.05) is 6.07 Å². The van der Waals surface area contributed by atoms with Crippen LogP contribution in [-0.4, -0.2) is 41.1 Å². The first kappa shape index (κ1) is 16.5. The van der Waals surface area contributed by atoms with E-state index in [1.807, 2.05) is 31.2 Å². The topological polar surface area (TPSA) is 76.3 Å². The second-order valence-corrected chi connectivity index (χ2v) is 6.17. The van der Waals surface area contributed by atoms with Gasteiger partial charge < -0.3 is 20.7 Å². The zero-order valence-corrected chi connectivity index (χ0v) is 14.2. The van der Waals surface area contributed by atoms with Crippen molar-refractivity contribution in [2.75, 3.05) is 37.3 Å². The highest BCUT2D eigenvalue weighted by Crippen LogP contribution is 2.21. The molecule has 1 aliphatic rings. The number of nitrogens with two attached hydrogens (primary N) is 1. The van der Waals surface area contributed by atoms with Gasteiger partial charge in [-0.3, -0.25) is 0 Å². The predicted octanol–water partition coefficient (Wildman–Crippen LogP) is 2.98. The van der Waals surface area contributed by atoms with Crippen molar-refractivity contribution in [1.29, 1.82) is 0 Å². The lowest BCUT2D eigenvalue weighted by Gasteiger charge is -2.14. The fourth-order valence-corrected chi connectivity index (χ4v) is 2.79. The molecule has 0 radical (unpaired) electrons. The van der Waals surface area contributed by atoms with Crippen molar-refractivity contribution < 1.29 is 4.74 Å². The highest BCUT2D eigenvalue weighted by molar-refractivity contribution is 5.57. The molecule has 1 aromatic carbocycles. The standard InChI is InChI=1S/C18H25N5O/c1-14-13-20-18(22-17(14)19)21-15-6-4-7-16(12-15)24-11-5-10-23-8-2-3-9-23/h4,6-7,12-13H,2-3,5,8-11H2,1H3,(H3,19,20,21,22). The molecule has 0 spiro atoms. The third kappa shape index (κ3) is 4.58. The monoisotopic (exact) mass is 327 g/mol. The Morgan fingerprint density at radius 2 is 2.12 bits per heavy atom. The average Bonchev–Trinajstić information content (AvgIpc) is 3.09. The average molecular weight is 327 g/mol. The molecule has 128 valence electrons. The van der Waals surface area contributed by atoms with Crippen LogP contribution in [-0.2, 0) is 0 Å². The van der Waals surface area contributed by atoms with Gasteiger partial charge >= 0.3 is 0 Å². The van der Waals surface area contributed by atoms with E-state index in [0.717, 1.165) is 36.6 Å². The van der Waals surface area contributed by atoms with Gasteiger partial charge in [0.15, 0.2) is 0 Å².